The average Bonchev–Trinajstić information content (AvgIpc) is 2.92. The van der Waals surface area contributed by atoms with Crippen molar-refractivity contribution in [3.05, 3.63) is 0 Å². The molecule has 2 atom stereocenters. The Morgan fingerprint density at radius 3 is 2.31 bits per heavy atom. The van der Waals surface area contributed by atoms with E-state index < -0.39 is 36.5 Å². The summed E-state index contributed by atoms with van der Waals surface area (Å²) in [6.45, 7) is 3.13. The van der Waals surface area contributed by atoms with E-state index in [0.29, 0.717) is 12.3 Å². The molecule has 0 saturated carbocycles. The number of aliphatic carboxylic acids is 2. The van der Waals surface area contributed by atoms with Crippen LogP contribution in [0.3, 0.4) is 0 Å². The highest BCUT2D eigenvalue weighted by atomic mass is 32.2. The number of carboxylic acids is 2. The third-order valence-corrected chi connectivity index (χ3v) is 4.54. The molecule has 26 heavy (non-hydrogen) atoms. The van der Waals surface area contributed by atoms with E-state index in [1.165, 1.54) is 18.9 Å². The van der Waals surface area contributed by atoms with Crippen molar-refractivity contribution in [3.8, 4) is 0 Å². The van der Waals surface area contributed by atoms with Crippen LogP contribution in [0.4, 0.5) is 4.79 Å². The molecule has 12 heteroatoms. The molecule has 0 bridgehead atoms. The highest BCUT2D eigenvalue weighted by Gasteiger charge is 2.35. The highest BCUT2D eigenvalue weighted by Crippen LogP contribution is 2.23. The van der Waals surface area contributed by atoms with Gasteiger partial charge in [0.25, 0.3) is 5.24 Å². The molecule has 3 amide bonds. The first-order chi connectivity index (χ1) is 12.0. The molecule has 1 aliphatic rings. The van der Waals surface area contributed by atoms with Gasteiger partial charge in [-0.3, -0.25) is 19.2 Å². The molecule has 1 fully saturated rings. The largest absolute Gasteiger partial charge is 0.480 e. The summed E-state index contributed by atoms with van der Waals surface area (Å²) in [5.74, 6) is -2.34. The predicted molar refractivity (Wildman–Crippen MR) is 98.4 cm³/mol. The van der Waals surface area contributed by atoms with Gasteiger partial charge in [0, 0.05) is 32.0 Å². The minimum Gasteiger partial charge on any atom is -0.480 e. The second kappa shape index (κ2) is 11.6. The maximum atomic E-state index is 11.5. The molecule has 0 aromatic heterocycles. The Morgan fingerprint density at radius 1 is 1.38 bits per heavy atom. The molecule has 1 heterocycles. The number of carbonyl (C=O) groups is 5. The number of carboxylic acid groups (broad SMARTS) is 2. The number of thiol groups is 1. The first-order valence-corrected chi connectivity index (χ1v) is 9.17. The number of likely N-dealkylation sites (N-methyl/N-ethyl adjacent to an activating group) is 2. The van der Waals surface area contributed by atoms with Crippen LogP contribution < -0.4 is 5.32 Å². The van der Waals surface area contributed by atoms with Crippen molar-refractivity contribution in [2.75, 3.05) is 31.6 Å². The fourth-order valence-corrected chi connectivity index (χ4v) is 3.27. The lowest BCUT2D eigenvalue weighted by Gasteiger charge is -2.21. The number of hydrogen-bond acceptors (Lipinski definition) is 7. The molecule has 148 valence electrons. The number of nitrogens with zero attached hydrogens (tertiary/aromatic N) is 2. The quantitative estimate of drug-likeness (QED) is 0.416. The topological polar surface area (TPSA) is 144 Å². The lowest BCUT2D eigenvalue weighted by molar-refractivity contribution is -0.144. The lowest BCUT2D eigenvalue weighted by atomic mass is 10.3. The normalized spacial score (nSPS) is 17.0. The molecule has 0 aromatic rings. The molecule has 10 nitrogen and oxygen atoms in total. The van der Waals surface area contributed by atoms with Gasteiger partial charge in [0.1, 0.15) is 18.6 Å². The van der Waals surface area contributed by atoms with Gasteiger partial charge in [-0.15, -0.1) is 0 Å². The highest BCUT2D eigenvalue weighted by molar-refractivity contribution is 8.13. The van der Waals surface area contributed by atoms with E-state index >= 15 is 0 Å². The van der Waals surface area contributed by atoms with Gasteiger partial charge in [0.2, 0.25) is 11.8 Å². The molecule has 0 unspecified atom stereocenters. The Labute approximate surface area is 160 Å². The average molecular weight is 409 g/mol. The van der Waals surface area contributed by atoms with Gasteiger partial charge in [-0.1, -0.05) is 11.8 Å². The van der Waals surface area contributed by atoms with Crippen molar-refractivity contribution in [3.63, 3.8) is 0 Å². The van der Waals surface area contributed by atoms with Gasteiger partial charge < -0.3 is 25.3 Å². The van der Waals surface area contributed by atoms with Gasteiger partial charge in [-0.2, -0.15) is 12.6 Å². The van der Waals surface area contributed by atoms with Crippen molar-refractivity contribution >= 4 is 53.4 Å². The Kier molecular flexibility index (Phi) is 10.8. The molecule has 0 radical (unpaired) electrons. The number of nitrogens with one attached hydrogen (secondary N) is 1. The van der Waals surface area contributed by atoms with Crippen LogP contribution in [-0.2, 0) is 19.2 Å². The van der Waals surface area contributed by atoms with E-state index in [1.54, 1.807) is 6.92 Å². The second-order valence-corrected chi connectivity index (χ2v) is 6.58. The van der Waals surface area contributed by atoms with E-state index in [-0.39, 0.29) is 16.9 Å². The van der Waals surface area contributed by atoms with E-state index in [9.17, 15) is 24.0 Å². The number of thioether (sulfide) groups is 1. The van der Waals surface area contributed by atoms with E-state index in [4.69, 9.17) is 10.2 Å². The number of rotatable bonds is 7. The smallest absolute Gasteiger partial charge is 0.327 e. The molecular formula is C14H23N3O7S2. The summed E-state index contributed by atoms with van der Waals surface area (Å²) < 4.78 is 0. The number of carbonyl (C=O) groups excluding carboxylic acids is 3. The summed E-state index contributed by atoms with van der Waals surface area (Å²) in [7, 11) is 1.36. The van der Waals surface area contributed by atoms with Crippen LogP contribution in [0.1, 0.15) is 13.8 Å². The van der Waals surface area contributed by atoms with Gasteiger partial charge in [0.15, 0.2) is 0 Å². The SMILES string of the molecule is CC(=O)N[C@@H](CS)C(=O)N(C)CC(=O)O.CCN1C(=O)SC[C@H]1C(=O)O. The minimum absolute atomic E-state index is 0.125. The minimum atomic E-state index is -1.11. The fourth-order valence-electron chi connectivity index (χ4n) is 1.98. The zero-order valence-corrected chi connectivity index (χ0v) is 16.4. The third kappa shape index (κ3) is 7.95. The van der Waals surface area contributed by atoms with Crippen molar-refractivity contribution in [1.82, 2.24) is 15.1 Å². The molecule has 0 aromatic carbocycles. The van der Waals surface area contributed by atoms with E-state index in [1.807, 2.05) is 0 Å². The Morgan fingerprint density at radius 2 is 1.96 bits per heavy atom. The van der Waals surface area contributed by atoms with Crippen LogP contribution in [-0.4, -0.2) is 92.7 Å². The second-order valence-electron chi connectivity index (χ2n) is 5.24. The molecule has 0 aliphatic carbocycles. The summed E-state index contributed by atoms with van der Waals surface area (Å²) in [5.41, 5.74) is 0. The Hall–Kier alpha value is -1.95. The molecule has 1 aliphatic heterocycles. The number of hydrogen-bond donors (Lipinski definition) is 4. The Bertz CT molecular complexity index is 559. The maximum absolute atomic E-state index is 11.5. The van der Waals surface area contributed by atoms with Crippen LogP contribution in [0.25, 0.3) is 0 Å². The van der Waals surface area contributed by atoms with Gasteiger partial charge >= 0.3 is 11.9 Å². The van der Waals surface area contributed by atoms with Crippen molar-refractivity contribution in [2.24, 2.45) is 0 Å². The number of amides is 3. The van der Waals surface area contributed by atoms with Gasteiger partial charge in [-0.25, -0.2) is 4.79 Å². The van der Waals surface area contributed by atoms with Crippen LogP contribution in [0.5, 0.6) is 0 Å². The van der Waals surface area contributed by atoms with Crippen LogP contribution in [0.2, 0.25) is 0 Å². The zero-order chi connectivity index (χ0) is 20.4. The summed E-state index contributed by atoms with van der Waals surface area (Å²) in [6.07, 6.45) is 0. The summed E-state index contributed by atoms with van der Waals surface area (Å²) >= 11 is 4.98. The fraction of sp³-hybridized carbons (Fsp3) is 0.643. The van der Waals surface area contributed by atoms with Gasteiger partial charge in [0.05, 0.1) is 0 Å². The molecule has 0 spiro atoms. The third-order valence-electron chi connectivity index (χ3n) is 3.21. The van der Waals surface area contributed by atoms with Gasteiger partial charge in [-0.05, 0) is 6.92 Å². The van der Waals surface area contributed by atoms with E-state index in [2.05, 4.69) is 17.9 Å². The van der Waals surface area contributed by atoms with Crippen LogP contribution in [0, 0.1) is 0 Å². The lowest BCUT2D eigenvalue weighted by Crippen LogP contribution is -2.49. The first kappa shape index (κ1) is 24.1. The molecule has 1 saturated heterocycles. The molecule has 3 N–H and O–H groups in total. The van der Waals surface area contributed by atoms with Crippen molar-refractivity contribution in [2.45, 2.75) is 25.9 Å². The van der Waals surface area contributed by atoms with Crippen molar-refractivity contribution < 1.29 is 34.2 Å². The molecule has 1 rings (SSSR count). The maximum Gasteiger partial charge on any atom is 0.327 e. The summed E-state index contributed by atoms with van der Waals surface area (Å²) in [5, 5.41) is 19.4. The standard InChI is InChI=1S/C8H14N2O4S.C6H9NO3S/c1-5(11)9-6(4-15)8(14)10(2)3-7(12)13;1-2-7-4(5(8)9)3-11-6(7)10/h6,15H,3-4H2,1-2H3,(H,9,11)(H,12,13);4H,2-3H2,1H3,(H,8,9)/t6-;4-/m00/s1. The predicted octanol–water partition coefficient (Wildman–Crippen LogP) is -0.408. The monoisotopic (exact) mass is 409 g/mol. The zero-order valence-electron chi connectivity index (χ0n) is 14.7. The molecular weight excluding hydrogens is 386 g/mol. The Balaban J connectivity index is 0.000000502. The van der Waals surface area contributed by atoms with Crippen LogP contribution in [0.15, 0.2) is 0 Å². The summed E-state index contributed by atoms with van der Waals surface area (Å²) in [4.78, 5) is 56.5. The van der Waals surface area contributed by atoms with Crippen LogP contribution >= 0.6 is 24.4 Å². The van der Waals surface area contributed by atoms with E-state index in [0.717, 1.165) is 16.7 Å². The summed E-state index contributed by atoms with van der Waals surface area (Å²) in [6, 6.07) is -1.40. The first-order valence-electron chi connectivity index (χ1n) is 7.56. The van der Waals surface area contributed by atoms with Crippen molar-refractivity contribution in [1.29, 1.82) is 0 Å².